The van der Waals surface area contributed by atoms with Crippen LogP contribution in [0.3, 0.4) is 0 Å². The van der Waals surface area contributed by atoms with Crippen LogP contribution >= 0.6 is 47.0 Å². The van der Waals surface area contributed by atoms with Crippen LogP contribution in [0.5, 0.6) is 5.75 Å². The van der Waals surface area contributed by atoms with Crippen LogP contribution in [0.4, 0.5) is 5.69 Å². The molecule has 8 nitrogen and oxygen atoms in total. The highest BCUT2D eigenvalue weighted by Crippen LogP contribution is 2.34. The smallest absolute Gasteiger partial charge is 0.293 e. The molecular weight excluding hydrogens is 569 g/mol. The molecule has 0 radical (unpaired) electrons. The Bertz CT molecular complexity index is 1720. The normalized spacial score (nSPS) is 11.0. The van der Waals surface area contributed by atoms with Crippen molar-refractivity contribution < 1.29 is 13.9 Å². The van der Waals surface area contributed by atoms with Crippen molar-refractivity contribution in [3.8, 4) is 22.8 Å². The number of anilines is 1. The van der Waals surface area contributed by atoms with Gasteiger partial charge in [0.05, 0.1) is 27.9 Å². The average molecular weight is 587 g/mol. The molecule has 0 saturated heterocycles. The maximum Gasteiger partial charge on any atom is 0.293 e. The number of hydrogen-bond acceptors (Lipinski definition) is 6. The highest BCUT2D eigenvalue weighted by atomic mass is 35.5. The number of carbonyl (C=O) groups is 1. The fraction of sp³-hybridized carbons (Fsp3) is 0.0769. The van der Waals surface area contributed by atoms with Gasteiger partial charge in [-0.25, -0.2) is 0 Å². The number of nitrogens with one attached hydrogen (secondary N) is 2. The van der Waals surface area contributed by atoms with Gasteiger partial charge in [-0.2, -0.15) is 4.80 Å². The van der Waals surface area contributed by atoms with E-state index in [1.54, 1.807) is 55.6 Å². The minimum atomic E-state index is -0.520. The molecule has 192 valence electrons. The predicted octanol–water partition coefficient (Wildman–Crippen LogP) is 7.08. The first-order valence-corrected chi connectivity index (χ1v) is 12.7. The molecule has 38 heavy (non-hydrogen) atoms. The average Bonchev–Trinajstić information content (AvgIpc) is 3.53. The third kappa shape index (κ3) is 5.19. The van der Waals surface area contributed by atoms with Gasteiger partial charge in [0, 0.05) is 11.3 Å². The molecule has 5 rings (SSSR count). The Morgan fingerprint density at radius 3 is 2.50 bits per heavy atom. The number of methoxy groups -OCH3 is 1. The molecule has 0 unspecified atom stereocenters. The van der Waals surface area contributed by atoms with Crippen LogP contribution in [0, 0.1) is 6.92 Å². The number of benzene rings is 3. The molecule has 2 heterocycles. The van der Waals surface area contributed by atoms with Gasteiger partial charge < -0.3 is 14.5 Å². The highest BCUT2D eigenvalue weighted by molar-refractivity contribution is 7.80. The van der Waals surface area contributed by atoms with Gasteiger partial charge in [0.15, 0.2) is 10.9 Å². The second-order valence-electron chi connectivity index (χ2n) is 8.14. The second-order valence-corrected chi connectivity index (χ2v) is 9.74. The predicted molar refractivity (Wildman–Crippen MR) is 153 cm³/mol. The summed E-state index contributed by atoms with van der Waals surface area (Å²) in [5.74, 6) is 0.509. The summed E-state index contributed by atoms with van der Waals surface area (Å²) in [6, 6.07) is 17.3. The molecular formula is C26H18Cl3N5O3S. The quantitative estimate of drug-likeness (QED) is 0.212. The molecule has 2 aromatic heterocycles. The lowest BCUT2D eigenvalue weighted by atomic mass is 10.2. The van der Waals surface area contributed by atoms with Gasteiger partial charge in [0.2, 0.25) is 0 Å². The lowest BCUT2D eigenvalue weighted by molar-refractivity contribution is 0.0951. The zero-order valence-corrected chi connectivity index (χ0v) is 23.0. The molecule has 0 spiro atoms. The Hall–Kier alpha value is -3.63. The molecule has 3 aromatic carbocycles. The topological polar surface area (TPSA) is 94.2 Å². The van der Waals surface area contributed by atoms with E-state index in [0.717, 1.165) is 5.56 Å². The Labute approximate surface area is 237 Å². The minimum absolute atomic E-state index is 0.0634. The number of rotatable bonds is 5. The molecule has 0 saturated carbocycles. The third-order valence-corrected chi connectivity index (χ3v) is 6.93. The summed E-state index contributed by atoms with van der Waals surface area (Å²) in [5.41, 5.74) is 4.07. The van der Waals surface area contributed by atoms with Gasteiger partial charge in [-0.05, 0) is 79.3 Å². The van der Waals surface area contributed by atoms with Crippen LogP contribution in [0.15, 0.2) is 65.1 Å². The van der Waals surface area contributed by atoms with Crippen molar-refractivity contribution in [2.24, 2.45) is 0 Å². The standard InChI is InChI=1S/C26H18Cl3N5O3S/c1-13-10-19-20(33-34(32-19)14-6-7-22(36-2)17(28)11-14)12-18(13)30-26(38)31-25(35)23-9-8-21(37-23)15-4-3-5-16(27)24(15)29/h3-12H,1-2H3,(H2,30,31,35,38). The lowest BCUT2D eigenvalue weighted by Gasteiger charge is -2.11. The number of aryl methyl sites for hydroxylation is 1. The van der Waals surface area contributed by atoms with Gasteiger partial charge in [-0.15, -0.1) is 10.2 Å². The molecule has 0 aliphatic carbocycles. The van der Waals surface area contributed by atoms with E-state index in [4.69, 9.17) is 56.2 Å². The maximum atomic E-state index is 12.7. The largest absolute Gasteiger partial charge is 0.495 e. The molecule has 0 aliphatic heterocycles. The summed E-state index contributed by atoms with van der Waals surface area (Å²) in [4.78, 5) is 14.2. The first-order chi connectivity index (χ1) is 18.2. The molecule has 0 atom stereocenters. The third-order valence-electron chi connectivity index (χ3n) is 5.61. The van der Waals surface area contributed by atoms with Gasteiger partial charge in [-0.1, -0.05) is 40.9 Å². The summed E-state index contributed by atoms with van der Waals surface area (Å²) >= 11 is 23.9. The number of halogens is 3. The number of amides is 1. The fourth-order valence-corrected chi connectivity index (χ4v) is 4.56. The van der Waals surface area contributed by atoms with Crippen molar-refractivity contribution in [3.05, 3.63) is 87.1 Å². The fourth-order valence-electron chi connectivity index (χ4n) is 3.71. The van der Waals surface area contributed by atoms with Crippen molar-refractivity contribution in [2.75, 3.05) is 12.4 Å². The highest BCUT2D eigenvalue weighted by Gasteiger charge is 2.17. The summed E-state index contributed by atoms with van der Waals surface area (Å²) in [6.45, 7) is 1.89. The van der Waals surface area contributed by atoms with Crippen LogP contribution in [0.25, 0.3) is 28.0 Å². The van der Waals surface area contributed by atoms with E-state index < -0.39 is 5.91 Å². The second kappa shape index (κ2) is 10.6. The molecule has 5 aromatic rings. The van der Waals surface area contributed by atoms with Crippen molar-refractivity contribution in [2.45, 2.75) is 6.92 Å². The summed E-state index contributed by atoms with van der Waals surface area (Å²) < 4.78 is 10.9. The number of nitrogens with zero attached hydrogens (tertiary/aromatic N) is 3. The van der Waals surface area contributed by atoms with E-state index in [1.807, 2.05) is 13.0 Å². The van der Waals surface area contributed by atoms with Gasteiger partial charge >= 0.3 is 0 Å². The SMILES string of the molecule is COc1ccc(-n2nc3cc(C)c(NC(=S)NC(=O)c4ccc(-c5cccc(Cl)c5Cl)o4)cc3n2)cc1Cl. The van der Waals surface area contributed by atoms with Crippen LogP contribution < -0.4 is 15.4 Å². The molecule has 2 N–H and O–H groups in total. The number of aromatic nitrogens is 3. The molecule has 0 aliphatic rings. The number of carbonyl (C=O) groups excluding carboxylic acids is 1. The zero-order valence-electron chi connectivity index (χ0n) is 19.9. The summed E-state index contributed by atoms with van der Waals surface area (Å²) in [6.07, 6.45) is 0. The summed E-state index contributed by atoms with van der Waals surface area (Å²) in [5, 5.41) is 16.0. The first-order valence-electron chi connectivity index (χ1n) is 11.1. The molecule has 0 bridgehead atoms. The minimum Gasteiger partial charge on any atom is -0.495 e. The van der Waals surface area contributed by atoms with E-state index in [0.29, 0.717) is 54.5 Å². The number of hydrogen-bond donors (Lipinski definition) is 2. The first kappa shape index (κ1) is 26.0. The van der Waals surface area contributed by atoms with Crippen molar-refractivity contribution in [1.82, 2.24) is 20.3 Å². The lowest BCUT2D eigenvalue weighted by Crippen LogP contribution is -2.34. The van der Waals surface area contributed by atoms with E-state index in [1.165, 1.54) is 10.9 Å². The van der Waals surface area contributed by atoms with Crippen molar-refractivity contribution in [1.29, 1.82) is 0 Å². The van der Waals surface area contributed by atoms with E-state index in [9.17, 15) is 4.79 Å². The number of ether oxygens (including phenoxy) is 1. The van der Waals surface area contributed by atoms with Crippen molar-refractivity contribution in [3.63, 3.8) is 0 Å². The Balaban J connectivity index is 1.31. The van der Waals surface area contributed by atoms with Crippen LogP contribution in [0.2, 0.25) is 15.1 Å². The number of fused-ring (bicyclic) bond motifs is 1. The Morgan fingerprint density at radius 2 is 1.76 bits per heavy atom. The van der Waals surface area contributed by atoms with Gasteiger partial charge in [0.25, 0.3) is 5.91 Å². The Morgan fingerprint density at radius 1 is 1.00 bits per heavy atom. The van der Waals surface area contributed by atoms with Crippen molar-refractivity contribution >= 4 is 74.8 Å². The van der Waals surface area contributed by atoms with Gasteiger partial charge in [0.1, 0.15) is 22.5 Å². The summed E-state index contributed by atoms with van der Waals surface area (Å²) in [7, 11) is 1.55. The Kier molecular flexibility index (Phi) is 7.27. The molecule has 12 heteroatoms. The molecule has 1 amide bonds. The van der Waals surface area contributed by atoms with Crippen LogP contribution in [0.1, 0.15) is 16.1 Å². The number of thiocarbonyl (C=S) groups is 1. The molecule has 0 fully saturated rings. The monoisotopic (exact) mass is 585 g/mol. The zero-order chi connectivity index (χ0) is 27.0. The van der Waals surface area contributed by atoms with Gasteiger partial charge in [-0.3, -0.25) is 10.1 Å². The van der Waals surface area contributed by atoms with E-state index in [-0.39, 0.29) is 10.9 Å². The van der Waals surface area contributed by atoms with Crippen LogP contribution in [-0.4, -0.2) is 33.1 Å². The maximum absolute atomic E-state index is 12.7. The number of furan rings is 1. The van der Waals surface area contributed by atoms with E-state index >= 15 is 0 Å². The van der Waals surface area contributed by atoms with Crippen LogP contribution in [-0.2, 0) is 0 Å². The van der Waals surface area contributed by atoms with E-state index in [2.05, 4.69) is 20.8 Å².